The van der Waals surface area contributed by atoms with Gasteiger partial charge in [-0.1, -0.05) is 12.1 Å². The van der Waals surface area contributed by atoms with Crippen LogP contribution in [0.2, 0.25) is 0 Å². The molecule has 1 aromatic carbocycles. The monoisotopic (exact) mass is 219 g/mol. The molecule has 0 aliphatic rings. The van der Waals surface area contributed by atoms with E-state index in [2.05, 4.69) is 5.10 Å². The number of aromatic nitrogens is 2. The number of hydrogen-bond donors (Lipinski definition) is 1. The van der Waals surface area contributed by atoms with E-state index < -0.39 is 4.92 Å². The van der Waals surface area contributed by atoms with E-state index in [0.29, 0.717) is 5.69 Å². The summed E-state index contributed by atoms with van der Waals surface area (Å²) in [6, 6.07) is 6.95. The van der Waals surface area contributed by atoms with E-state index in [-0.39, 0.29) is 12.3 Å². The molecule has 0 fully saturated rings. The van der Waals surface area contributed by atoms with Gasteiger partial charge in [0.15, 0.2) is 0 Å². The fourth-order valence-corrected chi connectivity index (χ4v) is 1.30. The molecule has 1 aromatic heterocycles. The van der Waals surface area contributed by atoms with Crippen molar-refractivity contribution in [3.8, 4) is 5.69 Å². The molecule has 0 radical (unpaired) electrons. The van der Waals surface area contributed by atoms with Crippen LogP contribution in [0.25, 0.3) is 5.69 Å². The second-order valence-electron chi connectivity index (χ2n) is 3.22. The smallest absolute Gasteiger partial charge is 0.307 e. The van der Waals surface area contributed by atoms with Crippen molar-refractivity contribution >= 4 is 5.69 Å². The lowest BCUT2D eigenvalue weighted by molar-refractivity contribution is -0.384. The van der Waals surface area contributed by atoms with E-state index in [0.717, 1.165) is 5.56 Å². The molecule has 0 saturated heterocycles. The van der Waals surface area contributed by atoms with Gasteiger partial charge in [-0.25, -0.2) is 4.68 Å². The van der Waals surface area contributed by atoms with Gasteiger partial charge < -0.3 is 5.11 Å². The molecule has 0 spiro atoms. The summed E-state index contributed by atoms with van der Waals surface area (Å²) >= 11 is 0. The fraction of sp³-hybridized carbons (Fsp3) is 0.100. The third kappa shape index (κ3) is 1.91. The van der Waals surface area contributed by atoms with Crippen LogP contribution < -0.4 is 0 Å². The van der Waals surface area contributed by atoms with Gasteiger partial charge in [0.2, 0.25) is 0 Å². The minimum Gasteiger partial charge on any atom is -0.392 e. The molecule has 0 bridgehead atoms. The summed E-state index contributed by atoms with van der Waals surface area (Å²) in [7, 11) is 0. The molecule has 0 amide bonds. The van der Waals surface area contributed by atoms with E-state index in [4.69, 9.17) is 5.11 Å². The van der Waals surface area contributed by atoms with Crippen LogP contribution in [-0.2, 0) is 6.61 Å². The number of benzene rings is 1. The summed E-state index contributed by atoms with van der Waals surface area (Å²) in [5, 5.41) is 23.2. The highest BCUT2D eigenvalue weighted by Gasteiger charge is 2.09. The van der Waals surface area contributed by atoms with Crippen molar-refractivity contribution in [1.82, 2.24) is 9.78 Å². The number of rotatable bonds is 3. The van der Waals surface area contributed by atoms with Crippen LogP contribution in [0, 0.1) is 10.1 Å². The molecule has 0 atom stereocenters. The second-order valence-corrected chi connectivity index (χ2v) is 3.22. The summed E-state index contributed by atoms with van der Waals surface area (Å²) in [4.78, 5) is 9.97. The Morgan fingerprint density at radius 2 is 2.06 bits per heavy atom. The predicted molar refractivity (Wildman–Crippen MR) is 56.1 cm³/mol. The van der Waals surface area contributed by atoms with Crippen molar-refractivity contribution < 1.29 is 10.0 Å². The highest BCUT2D eigenvalue weighted by atomic mass is 16.6. The van der Waals surface area contributed by atoms with Gasteiger partial charge in [-0.2, -0.15) is 5.10 Å². The Kier molecular flexibility index (Phi) is 2.65. The summed E-state index contributed by atoms with van der Waals surface area (Å²) < 4.78 is 1.42. The van der Waals surface area contributed by atoms with Crippen LogP contribution >= 0.6 is 0 Å². The number of nitro groups is 1. The molecule has 1 heterocycles. The van der Waals surface area contributed by atoms with Gasteiger partial charge in [0.1, 0.15) is 12.4 Å². The maximum absolute atomic E-state index is 10.5. The largest absolute Gasteiger partial charge is 0.392 e. The summed E-state index contributed by atoms with van der Waals surface area (Å²) in [5.41, 5.74) is 1.45. The number of aliphatic hydroxyl groups excluding tert-OH is 1. The Morgan fingerprint density at radius 3 is 2.56 bits per heavy atom. The van der Waals surface area contributed by atoms with E-state index in [1.165, 1.54) is 17.1 Å². The van der Waals surface area contributed by atoms with Crippen LogP contribution in [0.15, 0.2) is 36.7 Å². The minimum atomic E-state index is -0.494. The maximum Gasteiger partial charge on any atom is 0.307 e. The van der Waals surface area contributed by atoms with Gasteiger partial charge >= 0.3 is 5.69 Å². The first-order valence-electron chi connectivity index (χ1n) is 4.60. The van der Waals surface area contributed by atoms with Gasteiger partial charge in [0.25, 0.3) is 0 Å². The van der Waals surface area contributed by atoms with Crippen molar-refractivity contribution in [1.29, 1.82) is 0 Å². The predicted octanol–water partition coefficient (Wildman–Crippen LogP) is 1.27. The molecular weight excluding hydrogens is 210 g/mol. The zero-order valence-corrected chi connectivity index (χ0v) is 8.28. The Morgan fingerprint density at radius 1 is 1.38 bits per heavy atom. The van der Waals surface area contributed by atoms with Crippen LogP contribution in [-0.4, -0.2) is 19.8 Å². The molecule has 0 aliphatic carbocycles. The molecule has 0 unspecified atom stereocenters. The summed E-state index contributed by atoms with van der Waals surface area (Å²) in [5.74, 6) is 0. The van der Waals surface area contributed by atoms with E-state index in [9.17, 15) is 10.1 Å². The third-order valence-electron chi connectivity index (χ3n) is 2.16. The van der Waals surface area contributed by atoms with Crippen LogP contribution in [0.1, 0.15) is 5.56 Å². The summed E-state index contributed by atoms with van der Waals surface area (Å²) in [6.07, 6.45) is 2.54. The first-order chi connectivity index (χ1) is 7.70. The van der Waals surface area contributed by atoms with Crippen molar-refractivity contribution in [2.75, 3.05) is 0 Å². The summed E-state index contributed by atoms with van der Waals surface area (Å²) in [6.45, 7) is -0.0282. The first kappa shape index (κ1) is 10.3. The number of aliphatic hydroxyl groups is 1. The lowest BCUT2D eigenvalue weighted by Gasteiger charge is -2.01. The molecule has 1 N–H and O–H groups in total. The van der Waals surface area contributed by atoms with Gasteiger partial charge in [0, 0.05) is 0 Å². The van der Waals surface area contributed by atoms with Crippen LogP contribution in [0.5, 0.6) is 0 Å². The number of hydrogen-bond acceptors (Lipinski definition) is 4. The molecule has 16 heavy (non-hydrogen) atoms. The molecular formula is C10H9N3O3. The Hall–Kier alpha value is -2.21. The lowest BCUT2D eigenvalue weighted by Crippen LogP contribution is -1.94. The Bertz CT molecular complexity index is 504. The van der Waals surface area contributed by atoms with Gasteiger partial charge in [-0.15, -0.1) is 0 Å². The van der Waals surface area contributed by atoms with E-state index >= 15 is 0 Å². The van der Waals surface area contributed by atoms with Crippen molar-refractivity contribution in [3.63, 3.8) is 0 Å². The zero-order chi connectivity index (χ0) is 11.5. The van der Waals surface area contributed by atoms with Gasteiger partial charge in [-0.05, 0) is 17.7 Å². The topological polar surface area (TPSA) is 81.2 Å². The Balaban J connectivity index is 2.31. The average molecular weight is 219 g/mol. The fourth-order valence-electron chi connectivity index (χ4n) is 1.30. The third-order valence-corrected chi connectivity index (χ3v) is 2.16. The molecule has 0 aliphatic heterocycles. The van der Waals surface area contributed by atoms with Crippen LogP contribution in [0.4, 0.5) is 5.69 Å². The molecule has 0 saturated carbocycles. The lowest BCUT2D eigenvalue weighted by atomic mass is 10.2. The SMILES string of the molecule is O=[N+]([O-])c1cnn(-c2ccc(CO)cc2)c1. The van der Waals surface area contributed by atoms with E-state index in [1.807, 2.05) is 0 Å². The maximum atomic E-state index is 10.5. The highest BCUT2D eigenvalue weighted by Crippen LogP contribution is 2.14. The second kappa shape index (κ2) is 4.11. The van der Waals surface area contributed by atoms with Crippen LogP contribution in [0.3, 0.4) is 0 Å². The molecule has 6 nitrogen and oxygen atoms in total. The first-order valence-corrected chi connectivity index (χ1v) is 4.60. The molecule has 2 aromatic rings. The highest BCUT2D eigenvalue weighted by molar-refractivity contribution is 5.36. The molecule has 6 heteroatoms. The standard InChI is InChI=1S/C10H9N3O3/c14-7-8-1-3-9(4-2-8)12-6-10(5-11-12)13(15)16/h1-6,14H,7H2. The average Bonchev–Trinajstić information content (AvgIpc) is 2.78. The minimum absolute atomic E-state index is 0.0282. The normalized spacial score (nSPS) is 10.3. The molecule has 82 valence electrons. The van der Waals surface area contributed by atoms with E-state index in [1.54, 1.807) is 24.3 Å². The number of nitrogens with zero attached hydrogens (tertiary/aromatic N) is 3. The Labute approximate surface area is 90.9 Å². The van der Waals surface area contributed by atoms with Crippen molar-refractivity contribution in [2.45, 2.75) is 6.61 Å². The van der Waals surface area contributed by atoms with Crippen molar-refractivity contribution in [3.05, 3.63) is 52.3 Å². The molecule has 2 rings (SSSR count). The van der Waals surface area contributed by atoms with Gasteiger partial charge in [-0.3, -0.25) is 10.1 Å². The van der Waals surface area contributed by atoms with Gasteiger partial charge in [0.05, 0.1) is 17.2 Å². The quantitative estimate of drug-likeness (QED) is 0.622. The van der Waals surface area contributed by atoms with Crippen molar-refractivity contribution in [2.24, 2.45) is 0 Å². The zero-order valence-electron chi connectivity index (χ0n) is 8.28.